The van der Waals surface area contributed by atoms with Crippen LogP contribution in [0.2, 0.25) is 0 Å². The number of carbonyl (C=O) groups is 2. The van der Waals surface area contributed by atoms with E-state index in [0.29, 0.717) is 36.5 Å². The summed E-state index contributed by atoms with van der Waals surface area (Å²) in [6.07, 6.45) is -0.707. The van der Waals surface area contributed by atoms with E-state index < -0.39 is 29.1 Å². The van der Waals surface area contributed by atoms with Crippen LogP contribution in [-0.4, -0.2) is 48.1 Å². The highest BCUT2D eigenvalue weighted by Crippen LogP contribution is 2.47. The second kappa shape index (κ2) is 11.1. The number of nitrogens with one attached hydrogen (secondary N) is 1. The Morgan fingerprint density at radius 3 is 2.52 bits per heavy atom. The molecular weight excluding hydrogens is 526 g/mol. The number of hydrogen-bond donors (Lipinski definition) is 2. The first-order valence-electron chi connectivity index (χ1n) is 13.9. The van der Waals surface area contributed by atoms with Gasteiger partial charge in [0, 0.05) is 24.7 Å². The van der Waals surface area contributed by atoms with Crippen LogP contribution in [0.25, 0.3) is 0 Å². The molecule has 2 amide bonds. The molecule has 0 radical (unpaired) electrons. The summed E-state index contributed by atoms with van der Waals surface area (Å²) < 4.78 is 59.4. The van der Waals surface area contributed by atoms with Gasteiger partial charge in [0.1, 0.15) is 11.4 Å². The van der Waals surface area contributed by atoms with Crippen molar-refractivity contribution in [3.8, 4) is 0 Å². The molecule has 0 aromatic heterocycles. The van der Waals surface area contributed by atoms with Gasteiger partial charge in [-0.3, -0.25) is 14.5 Å². The predicted molar refractivity (Wildman–Crippen MR) is 141 cm³/mol. The van der Waals surface area contributed by atoms with Crippen LogP contribution in [0.15, 0.2) is 42.5 Å². The monoisotopic (exact) mass is 561 g/mol. The van der Waals surface area contributed by atoms with Crippen molar-refractivity contribution in [3.63, 3.8) is 0 Å². The average molecular weight is 562 g/mol. The third kappa shape index (κ3) is 6.02. The van der Waals surface area contributed by atoms with Gasteiger partial charge in [-0.15, -0.1) is 0 Å². The van der Waals surface area contributed by atoms with Crippen molar-refractivity contribution in [2.45, 2.75) is 69.3 Å². The molecule has 1 saturated carbocycles. The summed E-state index contributed by atoms with van der Waals surface area (Å²) in [4.78, 5) is 27.4. The fourth-order valence-corrected chi connectivity index (χ4v) is 6.48. The number of amides is 2. The van der Waals surface area contributed by atoms with Gasteiger partial charge in [0.25, 0.3) is 5.91 Å². The number of carbonyl (C=O) groups excluding carboxylic acids is 2. The molecule has 2 aliphatic heterocycles. The van der Waals surface area contributed by atoms with E-state index in [4.69, 9.17) is 10.5 Å². The molecule has 0 unspecified atom stereocenters. The minimum Gasteiger partial charge on any atom is -0.366 e. The van der Waals surface area contributed by atoms with Crippen molar-refractivity contribution < 1.29 is 31.9 Å². The predicted octanol–water partition coefficient (Wildman–Crippen LogP) is 5.01. The Kier molecular flexibility index (Phi) is 7.94. The molecule has 3 fully saturated rings. The molecule has 2 aromatic carbocycles. The average Bonchev–Trinajstić information content (AvgIpc) is 3.77. The van der Waals surface area contributed by atoms with E-state index in [1.165, 1.54) is 0 Å². The summed E-state index contributed by atoms with van der Waals surface area (Å²) in [5.74, 6) is -1.02. The lowest BCUT2D eigenvalue weighted by Crippen LogP contribution is -2.57. The van der Waals surface area contributed by atoms with Gasteiger partial charge >= 0.3 is 6.18 Å². The molecular formula is C30H35F4N3O3. The minimum atomic E-state index is -4.67. The third-order valence-corrected chi connectivity index (χ3v) is 8.79. The van der Waals surface area contributed by atoms with Crippen LogP contribution in [0.3, 0.4) is 0 Å². The van der Waals surface area contributed by atoms with Crippen molar-refractivity contribution in [2.24, 2.45) is 17.6 Å². The Morgan fingerprint density at radius 2 is 1.90 bits per heavy atom. The number of rotatable bonds is 7. The van der Waals surface area contributed by atoms with Crippen LogP contribution < -0.4 is 11.1 Å². The number of likely N-dealkylation sites (tertiary alicyclic amines) is 1. The van der Waals surface area contributed by atoms with E-state index in [0.717, 1.165) is 56.5 Å². The smallest absolute Gasteiger partial charge is 0.366 e. The maximum Gasteiger partial charge on any atom is 0.416 e. The van der Waals surface area contributed by atoms with Crippen LogP contribution in [0, 0.1) is 17.7 Å². The van der Waals surface area contributed by atoms with E-state index in [1.54, 1.807) is 6.07 Å². The number of hydrogen-bond acceptors (Lipinski definition) is 4. The summed E-state index contributed by atoms with van der Waals surface area (Å²) in [5.41, 5.74) is 5.07. The van der Waals surface area contributed by atoms with Gasteiger partial charge in [0.2, 0.25) is 5.91 Å². The molecule has 40 heavy (non-hydrogen) atoms. The molecule has 3 N–H and O–H groups in total. The highest BCUT2D eigenvalue weighted by Gasteiger charge is 2.54. The van der Waals surface area contributed by atoms with Gasteiger partial charge < -0.3 is 15.8 Å². The molecule has 0 spiro atoms. The summed E-state index contributed by atoms with van der Waals surface area (Å²) in [5, 5.41) is 2.73. The fraction of sp³-hybridized carbons (Fsp3) is 0.533. The second-order valence-electron chi connectivity index (χ2n) is 11.6. The first-order valence-corrected chi connectivity index (χ1v) is 13.9. The van der Waals surface area contributed by atoms with Crippen LogP contribution in [0.1, 0.15) is 72.0 Å². The van der Waals surface area contributed by atoms with Crippen molar-refractivity contribution in [1.29, 1.82) is 0 Å². The molecule has 0 bridgehead atoms. The molecule has 1 aliphatic carbocycles. The zero-order valence-corrected chi connectivity index (χ0v) is 22.5. The summed E-state index contributed by atoms with van der Waals surface area (Å²) >= 11 is 0. The van der Waals surface area contributed by atoms with E-state index in [-0.39, 0.29) is 30.0 Å². The topological polar surface area (TPSA) is 84.7 Å². The van der Waals surface area contributed by atoms with Gasteiger partial charge in [0.05, 0.1) is 12.2 Å². The third-order valence-electron chi connectivity index (χ3n) is 8.79. The fourth-order valence-electron chi connectivity index (χ4n) is 6.48. The van der Waals surface area contributed by atoms with Crippen molar-refractivity contribution in [3.05, 3.63) is 70.5 Å². The molecule has 2 saturated heterocycles. The maximum atomic E-state index is 13.8. The van der Waals surface area contributed by atoms with E-state index in [2.05, 4.69) is 17.1 Å². The zero-order chi connectivity index (χ0) is 28.7. The maximum absolute atomic E-state index is 13.8. The first-order chi connectivity index (χ1) is 19.0. The second-order valence-corrected chi connectivity index (χ2v) is 11.6. The number of ether oxygens (including phenoxy) is 1. The zero-order valence-electron chi connectivity index (χ0n) is 22.5. The Hall–Kier alpha value is -2.98. The van der Waals surface area contributed by atoms with E-state index in [9.17, 15) is 27.2 Å². The number of alkyl halides is 3. The number of nitrogens with zero attached hydrogens (tertiary/aromatic N) is 1. The van der Waals surface area contributed by atoms with Gasteiger partial charge in [0.15, 0.2) is 0 Å². The van der Waals surface area contributed by atoms with Gasteiger partial charge in [-0.05, 0) is 97.9 Å². The molecule has 10 heteroatoms. The van der Waals surface area contributed by atoms with Gasteiger partial charge in [-0.1, -0.05) is 19.1 Å². The SMILES string of the molecule is C[C@@H]1CN([C@@H]2CC[C@@](C(=O)NCc3cc(F)cc(C(F)(F)F)c3)(C3CC3)OC2)CC[C@H]1c1cccc(C(N)=O)c1. The Morgan fingerprint density at radius 1 is 1.12 bits per heavy atom. The molecule has 4 atom stereocenters. The van der Waals surface area contributed by atoms with Crippen LogP contribution >= 0.6 is 0 Å². The number of piperidine rings is 1. The largest absolute Gasteiger partial charge is 0.416 e. The van der Waals surface area contributed by atoms with Crippen LogP contribution in [0.4, 0.5) is 17.6 Å². The van der Waals surface area contributed by atoms with Gasteiger partial charge in [-0.25, -0.2) is 4.39 Å². The normalized spacial score (nSPS) is 27.8. The van der Waals surface area contributed by atoms with E-state index >= 15 is 0 Å². The van der Waals surface area contributed by atoms with Crippen molar-refractivity contribution >= 4 is 11.8 Å². The highest BCUT2D eigenvalue weighted by molar-refractivity contribution is 5.92. The molecule has 2 aromatic rings. The quantitative estimate of drug-likeness (QED) is 0.466. The van der Waals surface area contributed by atoms with Crippen molar-refractivity contribution in [1.82, 2.24) is 10.2 Å². The highest BCUT2D eigenvalue weighted by atomic mass is 19.4. The summed E-state index contributed by atoms with van der Waals surface area (Å²) in [7, 11) is 0. The van der Waals surface area contributed by atoms with Crippen LogP contribution in [0.5, 0.6) is 0 Å². The molecule has 5 rings (SSSR count). The summed E-state index contributed by atoms with van der Waals surface area (Å²) in [6, 6.07) is 10.0. The minimum absolute atomic E-state index is 0.0542. The molecule has 2 heterocycles. The van der Waals surface area contributed by atoms with Gasteiger partial charge in [-0.2, -0.15) is 13.2 Å². The number of halogens is 4. The van der Waals surface area contributed by atoms with E-state index in [1.807, 2.05) is 18.2 Å². The summed E-state index contributed by atoms with van der Waals surface area (Å²) in [6.45, 7) is 4.13. The lowest BCUT2D eigenvalue weighted by Gasteiger charge is -2.46. The number of primary amides is 1. The Bertz CT molecular complexity index is 1260. The number of nitrogens with two attached hydrogens (primary N) is 1. The lowest BCUT2D eigenvalue weighted by molar-refractivity contribution is -0.166. The standard InChI is InChI=1S/C30H35F4N3O3/c1-18-16-37(10-8-26(18)20-3-2-4-21(13-20)27(35)38)25-7-9-29(40-17-25,22-5-6-22)28(39)36-15-19-11-23(30(32,33)34)14-24(31)12-19/h2-4,11-14,18,22,25-26H,5-10,15-17H2,1H3,(H2,35,38)(H,36,39)/t18-,25-,26-,29+/m1/s1. The lowest BCUT2D eigenvalue weighted by atomic mass is 9.79. The van der Waals surface area contributed by atoms with Crippen LogP contribution in [-0.2, 0) is 22.3 Å². The first kappa shape index (κ1) is 28.5. The molecule has 216 valence electrons. The molecule has 6 nitrogen and oxygen atoms in total. The van der Waals surface area contributed by atoms with Crippen molar-refractivity contribution in [2.75, 3.05) is 19.7 Å². The Labute approximate surface area is 231 Å². The number of benzene rings is 2. The Balaban J connectivity index is 1.19. The molecule has 3 aliphatic rings.